The first-order valence-electron chi connectivity index (χ1n) is 9.12. The van der Waals surface area contributed by atoms with E-state index in [1.54, 1.807) is 6.07 Å². The maximum atomic E-state index is 12.7. The van der Waals surface area contributed by atoms with Crippen LogP contribution < -0.4 is 5.32 Å². The zero-order valence-corrected chi connectivity index (χ0v) is 15.5. The molecule has 2 amide bonds. The number of carbonyl (C=O) groups excluding carboxylic acids is 2. The van der Waals surface area contributed by atoms with Crippen molar-refractivity contribution in [3.8, 4) is 0 Å². The van der Waals surface area contributed by atoms with Crippen molar-refractivity contribution in [3.05, 3.63) is 34.9 Å². The van der Waals surface area contributed by atoms with Crippen LogP contribution in [0.3, 0.4) is 0 Å². The second-order valence-corrected chi connectivity index (χ2v) is 7.36. The van der Waals surface area contributed by atoms with Gasteiger partial charge in [-0.25, -0.2) is 0 Å². The minimum absolute atomic E-state index is 0.102. The summed E-state index contributed by atoms with van der Waals surface area (Å²) in [5.74, 6) is -0.255. The molecule has 1 saturated carbocycles. The van der Waals surface area contributed by atoms with Crippen molar-refractivity contribution in [3.63, 3.8) is 0 Å². The number of amides is 2. The summed E-state index contributed by atoms with van der Waals surface area (Å²) in [5, 5.41) is 13.7. The van der Waals surface area contributed by atoms with Gasteiger partial charge < -0.3 is 20.1 Å². The van der Waals surface area contributed by atoms with Gasteiger partial charge in [-0.2, -0.15) is 0 Å². The summed E-state index contributed by atoms with van der Waals surface area (Å²) >= 11 is 6.10. The van der Waals surface area contributed by atoms with E-state index in [2.05, 4.69) is 5.32 Å². The summed E-state index contributed by atoms with van der Waals surface area (Å²) in [6.07, 6.45) is 1.15. The maximum Gasteiger partial charge on any atom is 0.225 e. The first kappa shape index (κ1) is 19.1. The maximum absolute atomic E-state index is 12.7. The summed E-state index contributed by atoms with van der Waals surface area (Å²) in [4.78, 5) is 26.9. The van der Waals surface area contributed by atoms with Gasteiger partial charge >= 0.3 is 0 Å². The van der Waals surface area contributed by atoms with E-state index in [1.165, 1.54) is 0 Å². The molecular weight excluding hydrogens is 356 g/mol. The molecule has 0 spiro atoms. The van der Waals surface area contributed by atoms with Crippen LogP contribution in [0.25, 0.3) is 0 Å². The number of rotatable bonds is 4. The minimum atomic E-state index is -0.626. The molecule has 0 unspecified atom stereocenters. The average Bonchev–Trinajstić information content (AvgIpc) is 2.65. The first-order chi connectivity index (χ1) is 12.5. The fourth-order valence-corrected chi connectivity index (χ4v) is 3.85. The van der Waals surface area contributed by atoms with Crippen LogP contribution in [-0.2, 0) is 20.7 Å². The van der Waals surface area contributed by atoms with E-state index in [0.717, 1.165) is 5.56 Å². The van der Waals surface area contributed by atoms with Crippen LogP contribution in [0.5, 0.6) is 0 Å². The third kappa shape index (κ3) is 4.75. The number of nitrogens with zero attached hydrogens (tertiary/aromatic N) is 1. The molecule has 26 heavy (non-hydrogen) atoms. The molecule has 6 nitrogen and oxygen atoms in total. The SMILES string of the molecule is O=C(Cc1ccccc1Cl)N[C@@H]1C[C@@H](C(=O)N2CCOCC2)CC[C@H]1O. The van der Waals surface area contributed by atoms with E-state index in [1.807, 2.05) is 23.1 Å². The quantitative estimate of drug-likeness (QED) is 0.827. The molecule has 1 aliphatic carbocycles. The van der Waals surface area contributed by atoms with E-state index in [9.17, 15) is 14.7 Å². The van der Waals surface area contributed by atoms with Crippen molar-refractivity contribution in [2.24, 2.45) is 5.92 Å². The Morgan fingerprint density at radius 1 is 1.23 bits per heavy atom. The topological polar surface area (TPSA) is 78.9 Å². The number of halogens is 1. The van der Waals surface area contributed by atoms with Gasteiger partial charge in [0.2, 0.25) is 11.8 Å². The van der Waals surface area contributed by atoms with Crippen molar-refractivity contribution in [2.45, 2.75) is 37.8 Å². The number of hydrogen-bond acceptors (Lipinski definition) is 4. The van der Waals surface area contributed by atoms with Gasteiger partial charge in [-0.3, -0.25) is 9.59 Å². The lowest BCUT2D eigenvalue weighted by Crippen LogP contribution is -2.51. The molecule has 1 aliphatic heterocycles. The van der Waals surface area contributed by atoms with E-state index in [-0.39, 0.29) is 24.2 Å². The molecule has 2 aliphatic rings. The predicted octanol–water partition coefficient (Wildman–Crippen LogP) is 1.39. The monoisotopic (exact) mass is 380 g/mol. The number of ether oxygens (including phenoxy) is 1. The van der Waals surface area contributed by atoms with Crippen LogP contribution in [0.1, 0.15) is 24.8 Å². The van der Waals surface area contributed by atoms with Crippen molar-refractivity contribution < 1.29 is 19.4 Å². The molecule has 0 aromatic heterocycles. The third-order valence-corrected chi connectivity index (χ3v) is 5.51. The van der Waals surface area contributed by atoms with E-state index < -0.39 is 12.1 Å². The highest BCUT2D eigenvalue weighted by Crippen LogP contribution is 2.27. The van der Waals surface area contributed by atoms with Gasteiger partial charge in [0.15, 0.2) is 0 Å². The van der Waals surface area contributed by atoms with Gasteiger partial charge in [0.25, 0.3) is 0 Å². The minimum Gasteiger partial charge on any atom is -0.391 e. The van der Waals surface area contributed by atoms with E-state index in [0.29, 0.717) is 50.6 Å². The second-order valence-electron chi connectivity index (χ2n) is 6.96. The molecule has 1 aromatic rings. The number of nitrogens with one attached hydrogen (secondary N) is 1. The van der Waals surface area contributed by atoms with Gasteiger partial charge in [0.1, 0.15) is 0 Å². The van der Waals surface area contributed by atoms with Crippen molar-refractivity contribution in [1.29, 1.82) is 0 Å². The van der Waals surface area contributed by atoms with Crippen LogP contribution >= 0.6 is 11.6 Å². The second kappa shape index (κ2) is 8.84. The van der Waals surface area contributed by atoms with Gasteiger partial charge in [-0.05, 0) is 30.9 Å². The summed E-state index contributed by atoms with van der Waals surface area (Å²) in [6, 6.07) is 6.80. The number of hydrogen-bond donors (Lipinski definition) is 2. The molecule has 0 radical (unpaired) electrons. The number of aliphatic hydroxyl groups excluding tert-OH is 1. The highest BCUT2D eigenvalue weighted by atomic mass is 35.5. The zero-order chi connectivity index (χ0) is 18.5. The molecule has 1 aromatic carbocycles. The van der Waals surface area contributed by atoms with Crippen LogP contribution in [-0.4, -0.2) is 60.3 Å². The molecule has 0 bridgehead atoms. The van der Waals surface area contributed by atoms with Gasteiger partial charge in [-0.1, -0.05) is 29.8 Å². The lowest BCUT2D eigenvalue weighted by atomic mass is 9.82. The first-order valence-corrected chi connectivity index (χ1v) is 9.49. The van der Waals surface area contributed by atoms with Crippen LogP contribution in [0.2, 0.25) is 5.02 Å². The Hall–Kier alpha value is -1.63. The molecule has 2 N–H and O–H groups in total. The fraction of sp³-hybridized carbons (Fsp3) is 0.579. The molecule has 142 valence electrons. The van der Waals surface area contributed by atoms with Gasteiger partial charge in [0, 0.05) is 24.0 Å². The Kier molecular flexibility index (Phi) is 6.51. The summed E-state index contributed by atoms with van der Waals surface area (Å²) in [7, 11) is 0. The number of morpholine rings is 1. The molecule has 3 atom stereocenters. The summed E-state index contributed by atoms with van der Waals surface area (Å²) in [5.41, 5.74) is 0.748. The summed E-state index contributed by atoms with van der Waals surface area (Å²) in [6.45, 7) is 2.36. The highest BCUT2D eigenvalue weighted by molar-refractivity contribution is 6.31. The van der Waals surface area contributed by atoms with E-state index in [4.69, 9.17) is 16.3 Å². The number of carbonyl (C=O) groups is 2. The van der Waals surface area contributed by atoms with Crippen molar-refractivity contribution in [2.75, 3.05) is 26.3 Å². The van der Waals surface area contributed by atoms with Crippen molar-refractivity contribution in [1.82, 2.24) is 10.2 Å². The lowest BCUT2D eigenvalue weighted by molar-refractivity contribution is -0.142. The Morgan fingerprint density at radius 2 is 1.96 bits per heavy atom. The Balaban J connectivity index is 1.57. The highest BCUT2D eigenvalue weighted by Gasteiger charge is 2.36. The Labute approximate surface area is 158 Å². The normalized spacial score (nSPS) is 26.4. The molecule has 3 rings (SSSR count). The third-order valence-electron chi connectivity index (χ3n) is 5.14. The van der Waals surface area contributed by atoms with E-state index >= 15 is 0 Å². The molecule has 1 saturated heterocycles. The molecule has 7 heteroatoms. The molecule has 2 fully saturated rings. The standard InChI is InChI=1S/C19H25ClN2O4/c20-15-4-2-1-3-13(15)12-18(24)21-16-11-14(5-6-17(16)23)19(25)22-7-9-26-10-8-22/h1-4,14,16-17,23H,5-12H2,(H,21,24)/t14-,16+,17+/m0/s1. The Bertz CT molecular complexity index is 648. The average molecular weight is 381 g/mol. The fourth-order valence-electron chi connectivity index (χ4n) is 3.65. The summed E-state index contributed by atoms with van der Waals surface area (Å²) < 4.78 is 5.29. The predicted molar refractivity (Wildman–Crippen MR) is 97.8 cm³/mol. The zero-order valence-electron chi connectivity index (χ0n) is 14.7. The van der Waals surface area contributed by atoms with Crippen LogP contribution in [0.15, 0.2) is 24.3 Å². The van der Waals surface area contributed by atoms with Crippen LogP contribution in [0.4, 0.5) is 0 Å². The Morgan fingerprint density at radius 3 is 2.69 bits per heavy atom. The van der Waals surface area contributed by atoms with Crippen LogP contribution in [0, 0.1) is 5.92 Å². The van der Waals surface area contributed by atoms with Crippen molar-refractivity contribution >= 4 is 23.4 Å². The number of aliphatic hydroxyl groups is 1. The number of benzene rings is 1. The van der Waals surface area contributed by atoms with Gasteiger partial charge in [-0.15, -0.1) is 0 Å². The lowest BCUT2D eigenvalue weighted by Gasteiger charge is -2.36. The van der Waals surface area contributed by atoms with Gasteiger partial charge in [0.05, 0.1) is 31.8 Å². The molecule has 1 heterocycles. The smallest absolute Gasteiger partial charge is 0.225 e. The largest absolute Gasteiger partial charge is 0.391 e. The molecular formula is C19H25ClN2O4.